The van der Waals surface area contributed by atoms with E-state index in [2.05, 4.69) is 9.98 Å². The van der Waals surface area contributed by atoms with Crippen LogP contribution in [0.5, 0.6) is 0 Å². The molecule has 0 bridgehead atoms. The average molecular weight is 152 g/mol. The maximum atomic E-state index is 8.17. The first-order valence-electron chi connectivity index (χ1n) is 3.18. The highest BCUT2D eigenvalue weighted by molar-refractivity contribution is 5.57. The van der Waals surface area contributed by atoms with E-state index in [1.54, 1.807) is 11.7 Å². The fourth-order valence-electron chi connectivity index (χ4n) is 0.686. The van der Waals surface area contributed by atoms with E-state index in [0.717, 1.165) is 5.56 Å². The van der Waals surface area contributed by atoms with Crippen LogP contribution in [0.25, 0.3) is 0 Å². The van der Waals surface area contributed by atoms with Crippen LogP contribution in [-0.2, 0) is 0 Å². The number of hydrogen-bond donors (Lipinski definition) is 2. The Morgan fingerprint density at radius 1 is 1.73 bits per heavy atom. The highest BCUT2D eigenvalue weighted by Crippen LogP contribution is 2.07. The van der Waals surface area contributed by atoms with E-state index in [1.807, 2.05) is 19.1 Å². The Bertz CT molecular complexity index is 260. The van der Waals surface area contributed by atoms with Crippen molar-refractivity contribution in [1.82, 2.24) is 10.5 Å². The van der Waals surface area contributed by atoms with Crippen LogP contribution in [-0.4, -0.2) is 16.5 Å². The van der Waals surface area contributed by atoms with Gasteiger partial charge in [-0.15, -0.1) is 0 Å². The molecule has 0 aliphatic carbocycles. The summed E-state index contributed by atoms with van der Waals surface area (Å²) in [7, 11) is 0. The maximum absolute atomic E-state index is 8.17. The summed E-state index contributed by atoms with van der Waals surface area (Å²) >= 11 is 0. The molecule has 4 heteroatoms. The molecule has 2 N–H and O–H groups in total. The number of hydrogen-bond acceptors (Lipinski definition) is 3. The first-order valence-corrected chi connectivity index (χ1v) is 3.18. The van der Waals surface area contributed by atoms with Crippen LogP contribution < -0.4 is 5.48 Å². The van der Waals surface area contributed by atoms with E-state index >= 15 is 0 Å². The molecule has 0 aromatic carbocycles. The molecule has 0 amide bonds. The zero-order chi connectivity index (χ0) is 8.10. The fraction of sp³-hybridized carbons (Fsp3) is 0.143. The highest BCUT2D eigenvalue weighted by Gasteiger charge is 1.87. The quantitative estimate of drug-likeness (QED) is 0.288. The van der Waals surface area contributed by atoms with Crippen LogP contribution >= 0.6 is 0 Å². The molecule has 1 aromatic heterocycles. The third-order valence-corrected chi connectivity index (χ3v) is 1.16. The lowest BCUT2D eigenvalue weighted by Gasteiger charge is -1.92. The minimum atomic E-state index is 0.576. The number of aliphatic imine (C=N–C) groups is 1. The summed E-state index contributed by atoms with van der Waals surface area (Å²) in [4.78, 5) is 7.72. The van der Waals surface area contributed by atoms with Gasteiger partial charge in [-0.05, 0) is 24.6 Å². The molecule has 0 radical (unpaired) electrons. The number of aromatic nitrogens is 1. The summed E-state index contributed by atoms with van der Waals surface area (Å²) in [5.74, 6) is 0.576. The number of pyridine rings is 1. The van der Waals surface area contributed by atoms with E-state index in [0.29, 0.717) is 5.82 Å². The molecule has 0 spiro atoms. The van der Waals surface area contributed by atoms with Gasteiger partial charge in [0, 0.05) is 6.20 Å². The van der Waals surface area contributed by atoms with Gasteiger partial charge in [0.1, 0.15) is 6.34 Å². The summed E-state index contributed by atoms with van der Waals surface area (Å²) < 4.78 is 0. The van der Waals surface area contributed by atoms with Gasteiger partial charge < -0.3 is 0 Å². The summed E-state index contributed by atoms with van der Waals surface area (Å²) in [5.41, 5.74) is 2.89. The van der Waals surface area contributed by atoms with Gasteiger partial charge >= 0.3 is 0 Å². The van der Waals surface area contributed by atoms with Gasteiger partial charge in [0.2, 0.25) is 0 Å². The first-order chi connectivity index (χ1) is 5.33. The van der Waals surface area contributed by atoms with Crippen molar-refractivity contribution < 1.29 is 5.21 Å². The molecule has 0 aliphatic rings. The lowest BCUT2D eigenvalue weighted by Crippen LogP contribution is -2.01. The van der Waals surface area contributed by atoms with Crippen molar-refractivity contribution >= 4 is 12.2 Å². The monoisotopic (exact) mass is 152 g/mol. The van der Waals surface area contributed by atoms with Gasteiger partial charge in [0.25, 0.3) is 0 Å². The lowest BCUT2D eigenvalue weighted by atomic mass is 10.3. The summed E-state index contributed by atoms with van der Waals surface area (Å²) in [5, 5.41) is 8.17. The van der Waals surface area contributed by atoms with Gasteiger partial charge in [-0.2, -0.15) is 0 Å². The van der Waals surface area contributed by atoms with Gasteiger partial charge in [0.05, 0.1) is 0 Å². The zero-order valence-corrected chi connectivity index (χ0v) is 6.15. The molecule has 0 fully saturated rings. The Morgan fingerprint density at radius 2 is 2.55 bits per heavy atom. The Kier molecular flexibility index (Phi) is 2.57. The first kappa shape index (κ1) is 7.68. The van der Waals surface area contributed by atoms with E-state index in [-0.39, 0.29) is 0 Å². The molecule has 4 nitrogen and oxygen atoms in total. The van der Waals surface area contributed by atoms with Crippen molar-refractivity contribution in [2.45, 2.75) is 6.92 Å². The van der Waals surface area contributed by atoms with Crippen molar-refractivity contribution in [3.8, 4) is 0 Å². The molecular formula is C7H9N3O. The van der Waals surface area contributed by atoms with Crippen LogP contribution in [0.15, 0.2) is 23.3 Å². The van der Waals surface area contributed by atoms with E-state index in [1.165, 1.54) is 6.34 Å². The third-order valence-electron chi connectivity index (χ3n) is 1.16. The molecule has 0 atom stereocenters. The minimum absolute atomic E-state index is 0.576. The lowest BCUT2D eigenvalue weighted by molar-refractivity contribution is 0.240. The normalized spacial score (nSPS) is 10.4. The zero-order valence-electron chi connectivity index (χ0n) is 6.15. The number of rotatable bonds is 2. The summed E-state index contributed by atoms with van der Waals surface area (Å²) in [6, 6.07) is 3.69. The number of aryl methyl sites for hydroxylation is 1. The molecule has 11 heavy (non-hydrogen) atoms. The predicted octanol–water partition coefficient (Wildman–Crippen LogP) is 1.03. The van der Waals surface area contributed by atoms with Crippen LogP contribution in [0.4, 0.5) is 5.82 Å². The molecule has 0 saturated carbocycles. The molecule has 1 heterocycles. The highest BCUT2D eigenvalue weighted by atomic mass is 16.7. The number of hydroxylamine groups is 1. The van der Waals surface area contributed by atoms with Crippen molar-refractivity contribution in [1.29, 1.82) is 0 Å². The Morgan fingerprint density at radius 3 is 3.18 bits per heavy atom. The molecule has 0 aliphatic heterocycles. The molecule has 0 saturated heterocycles. The van der Waals surface area contributed by atoms with Crippen LogP contribution in [0.1, 0.15) is 5.56 Å². The largest absolute Gasteiger partial charge is 0.290 e. The van der Waals surface area contributed by atoms with Crippen molar-refractivity contribution in [2.75, 3.05) is 0 Å². The Balaban J connectivity index is 2.79. The van der Waals surface area contributed by atoms with Crippen LogP contribution in [0.3, 0.4) is 0 Å². The summed E-state index contributed by atoms with van der Waals surface area (Å²) in [6.07, 6.45) is 2.83. The molecule has 1 aromatic rings. The van der Waals surface area contributed by atoms with Crippen LogP contribution in [0.2, 0.25) is 0 Å². The number of nitrogens with one attached hydrogen (secondary N) is 1. The second kappa shape index (κ2) is 3.68. The predicted molar refractivity (Wildman–Crippen MR) is 42.0 cm³/mol. The molecule has 1 rings (SSSR count). The van der Waals surface area contributed by atoms with Gasteiger partial charge in [-0.3, -0.25) is 10.7 Å². The van der Waals surface area contributed by atoms with Crippen molar-refractivity contribution in [3.05, 3.63) is 23.9 Å². The SMILES string of the molecule is Cc1ccnc(N=C[15NH]O)c1. The maximum Gasteiger partial charge on any atom is 0.153 e. The summed E-state index contributed by atoms with van der Waals surface area (Å²) in [6.45, 7) is 1.95. The third kappa shape index (κ3) is 2.35. The van der Waals surface area contributed by atoms with Crippen molar-refractivity contribution in [2.24, 2.45) is 4.99 Å². The van der Waals surface area contributed by atoms with Crippen molar-refractivity contribution in [3.63, 3.8) is 0 Å². The van der Waals surface area contributed by atoms with E-state index in [9.17, 15) is 0 Å². The molecule has 0 unspecified atom stereocenters. The number of nitrogens with zero attached hydrogens (tertiary/aromatic N) is 2. The standard InChI is InChI=1S/C7H9N3O/c1-6-2-3-8-7(4-6)9-5-10-11/h2-5,11H,1H3,(H,8,9,10)/i10+1. The van der Waals surface area contributed by atoms with Gasteiger partial charge in [-0.1, -0.05) is 0 Å². The van der Waals surface area contributed by atoms with Gasteiger partial charge in [0.15, 0.2) is 5.82 Å². The Labute approximate surface area is 64.6 Å². The molecular weight excluding hydrogens is 143 g/mol. The minimum Gasteiger partial charge on any atom is -0.290 e. The second-order valence-electron chi connectivity index (χ2n) is 2.08. The fourth-order valence-corrected chi connectivity index (χ4v) is 0.686. The Hall–Kier alpha value is -1.42. The van der Waals surface area contributed by atoms with E-state index < -0.39 is 0 Å². The van der Waals surface area contributed by atoms with Gasteiger partial charge in [-0.25, -0.2) is 9.98 Å². The smallest absolute Gasteiger partial charge is 0.153 e. The van der Waals surface area contributed by atoms with Crippen LogP contribution in [0, 0.1) is 6.92 Å². The topological polar surface area (TPSA) is 57.5 Å². The molecule has 58 valence electrons. The van der Waals surface area contributed by atoms with E-state index in [4.69, 9.17) is 5.21 Å². The average Bonchev–Trinajstić information content (AvgIpc) is 2.01. The second-order valence-corrected chi connectivity index (χ2v) is 2.08.